The number of carboxylic acid groups (broad SMARTS) is 1. The van der Waals surface area contributed by atoms with Gasteiger partial charge in [0, 0.05) is 10.9 Å². The summed E-state index contributed by atoms with van der Waals surface area (Å²) in [6.45, 7) is 10.3. The van der Waals surface area contributed by atoms with Crippen LogP contribution in [-0.4, -0.2) is 64.2 Å². The molecule has 1 aromatic carbocycles. The number of rotatable bonds is 9. The second-order valence-electron chi connectivity index (χ2n) is 9.62. The predicted molar refractivity (Wildman–Crippen MR) is 140 cm³/mol. The van der Waals surface area contributed by atoms with Gasteiger partial charge >= 0.3 is 18.2 Å². The van der Waals surface area contributed by atoms with Crippen LogP contribution < -0.4 is 15.4 Å². The normalized spacial score (nSPS) is 11.8. The molecule has 4 N–H and O–H groups in total. The smallest absolute Gasteiger partial charge is 0.413 e. The Bertz CT molecular complexity index is 1180. The lowest BCUT2D eigenvalue weighted by molar-refractivity contribution is -0.129. The minimum atomic E-state index is -1.36. The first-order valence-electron chi connectivity index (χ1n) is 11.3. The predicted octanol–water partition coefficient (Wildman–Crippen LogP) is 4.22. The number of aliphatic carboxylic acids is 1. The van der Waals surface area contributed by atoms with Gasteiger partial charge < -0.3 is 24.2 Å². The second kappa shape index (κ2) is 12.9. The van der Waals surface area contributed by atoms with E-state index in [1.807, 2.05) is 0 Å². The van der Waals surface area contributed by atoms with Crippen molar-refractivity contribution in [3.8, 4) is 5.75 Å². The van der Waals surface area contributed by atoms with E-state index in [9.17, 15) is 19.5 Å². The van der Waals surface area contributed by atoms with Gasteiger partial charge in [0.1, 0.15) is 35.1 Å². The van der Waals surface area contributed by atoms with Crippen LogP contribution in [0, 0.1) is 5.41 Å². The molecule has 0 aliphatic carbocycles. The molecule has 0 spiro atoms. The topological polar surface area (TPSA) is 182 Å². The van der Waals surface area contributed by atoms with E-state index >= 15 is 0 Å². The highest BCUT2D eigenvalue weighted by Gasteiger charge is 2.21. The summed E-state index contributed by atoms with van der Waals surface area (Å²) in [6, 6.07) is 6.37. The molecular weight excluding hydrogens is 518 g/mol. The summed E-state index contributed by atoms with van der Waals surface area (Å²) in [5, 5.41) is 27.4. The maximum Gasteiger partial charge on any atom is 0.413 e. The quantitative estimate of drug-likeness (QED) is 0.154. The zero-order valence-corrected chi connectivity index (χ0v) is 22.7. The van der Waals surface area contributed by atoms with Crippen molar-refractivity contribution in [1.82, 2.24) is 10.3 Å². The van der Waals surface area contributed by atoms with Crippen molar-refractivity contribution in [2.45, 2.75) is 52.7 Å². The Morgan fingerprint density at radius 2 is 1.61 bits per heavy atom. The fraction of sp³-hybridized carbons (Fsp3) is 0.417. The fourth-order valence-corrected chi connectivity index (χ4v) is 3.21. The number of benzene rings is 1. The van der Waals surface area contributed by atoms with Crippen molar-refractivity contribution in [3.05, 3.63) is 40.9 Å². The minimum Gasteiger partial charge on any atom is -0.490 e. The number of amidine groups is 1. The van der Waals surface area contributed by atoms with Gasteiger partial charge in [0.25, 0.3) is 0 Å². The van der Waals surface area contributed by atoms with Gasteiger partial charge in [-0.3, -0.25) is 16.0 Å². The summed E-state index contributed by atoms with van der Waals surface area (Å²) in [5.74, 6) is -1.03. The first kappa shape index (κ1) is 30.0. The Kier molecular flexibility index (Phi) is 10.2. The molecule has 2 rings (SSSR count). The number of anilines is 1. The number of amides is 2. The summed E-state index contributed by atoms with van der Waals surface area (Å²) in [4.78, 5) is 44.4. The Hall–Kier alpha value is -4.20. The molecule has 1 aromatic heterocycles. The highest BCUT2D eigenvalue weighted by molar-refractivity contribution is 7.14. The monoisotopic (exact) mass is 549 g/mol. The van der Waals surface area contributed by atoms with Gasteiger partial charge in [-0.05, 0) is 65.8 Å². The Morgan fingerprint density at radius 1 is 1.00 bits per heavy atom. The summed E-state index contributed by atoms with van der Waals surface area (Å²) >= 11 is 1.01. The number of ether oxygens (including phenoxy) is 3. The number of oxime groups is 1. The van der Waals surface area contributed by atoms with Crippen LogP contribution in [-0.2, 0) is 19.1 Å². The van der Waals surface area contributed by atoms with Crippen LogP contribution >= 0.6 is 11.3 Å². The molecule has 38 heavy (non-hydrogen) atoms. The number of nitrogens with zero attached hydrogens (tertiary/aromatic N) is 2. The van der Waals surface area contributed by atoms with E-state index in [0.717, 1.165) is 11.3 Å². The Labute approximate surface area is 223 Å². The number of nitrogens with one attached hydrogen (secondary N) is 3. The number of hydrogen-bond donors (Lipinski definition) is 4. The van der Waals surface area contributed by atoms with Crippen molar-refractivity contribution in [1.29, 1.82) is 5.41 Å². The lowest BCUT2D eigenvalue weighted by Crippen LogP contribution is -2.36. The molecule has 2 amide bonds. The molecule has 2 aromatic rings. The van der Waals surface area contributed by atoms with Gasteiger partial charge in [-0.1, -0.05) is 5.16 Å². The van der Waals surface area contributed by atoms with Crippen LogP contribution in [0.2, 0.25) is 0 Å². The van der Waals surface area contributed by atoms with Gasteiger partial charge in [-0.2, -0.15) is 0 Å². The molecule has 0 atom stereocenters. The molecule has 0 radical (unpaired) electrons. The lowest BCUT2D eigenvalue weighted by atomic mass is 10.2. The maximum absolute atomic E-state index is 11.9. The molecule has 13 nitrogen and oxygen atoms in total. The second-order valence-corrected chi connectivity index (χ2v) is 10.5. The van der Waals surface area contributed by atoms with E-state index in [1.54, 1.807) is 65.8 Å². The van der Waals surface area contributed by atoms with Gasteiger partial charge in [0.05, 0.1) is 0 Å². The van der Waals surface area contributed by atoms with Crippen LogP contribution in [0.1, 0.15) is 52.8 Å². The molecule has 0 unspecified atom stereocenters. The van der Waals surface area contributed by atoms with Crippen LogP contribution in [0.3, 0.4) is 0 Å². The molecule has 0 saturated carbocycles. The molecule has 0 bridgehead atoms. The molecule has 14 heteroatoms. The molecular formula is C24H31N5O8S. The van der Waals surface area contributed by atoms with E-state index in [1.165, 1.54) is 5.38 Å². The van der Waals surface area contributed by atoms with E-state index in [4.69, 9.17) is 24.5 Å². The van der Waals surface area contributed by atoms with Crippen molar-refractivity contribution >= 4 is 46.2 Å². The first-order chi connectivity index (χ1) is 17.6. The largest absolute Gasteiger partial charge is 0.490 e. The molecule has 0 fully saturated rings. The average Bonchev–Trinajstić information content (AvgIpc) is 3.21. The number of hydrogen-bond acceptors (Lipinski definition) is 11. The van der Waals surface area contributed by atoms with Crippen LogP contribution in [0.5, 0.6) is 5.75 Å². The third-order valence-corrected chi connectivity index (χ3v) is 4.68. The lowest BCUT2D eigenvalue weighted by Gasteiger charge is -2.19. The number of aromatic nitrogens is 1. The summed E-state index contributed by atoms with van der Waals surface area (Å²) in [5.41, 5.74) is -1.37. The van der Waals surface area contributed by atoms with Crippen LogP contribution in [0.4, 0.5) is 14.7 Å². The van der Waals surface area contributed by atoms with Crippen molar-refractivity contribution in [2.75, 3.05) is 18.5 Å². The number of carbonyl (C=O) groups excluding carboxylic acids is 2. The van der Waals surface area contributed by atoms with E-state index < -0.39 is 35.1 Å². The zero-order valence-electron chi connectivity index (χ0n) is 21.9. The zero-order chi connectivity index (χ0) is 28.5. The van der Waals surface area contributed by atoms with E-state index in [0.29, 0.717) is 11.3 Å². The molecule has 0 saturated heterocycles. The highest BCUT2D eigenvalue weighted by atomic mass is 32.1. The first-order valence-corrected chi connectivity index (χ1v) is 12.2. The van der Waals surface area contributed by atoms with Gasteiger partial charge in [-0.25, -0.2) is 19.4 Å². The highest BCUT2D eigenvalue weighted by Crippen LogP contribution is 2.18. The van der Waals surface area contributed by atoms with Gasteiger partial charge in [0.15, 0.2) is 11.7 Å². The minimum absolute atomic E-state index is 0.00695. The van der Waals surface area contributed by atoms with Crippen LogP contribution in [0.25, 0.3) is 0 Å². The van der Waals surface area contributed by atoms with E-state index in [-0.39, 0.29) is 29.9 Å². The third kappa shape index (κ3) is 10.8. The number of carbonyl (C=O) groups is 3. The third-order valence-electron chi connectivity index (χ3n) is 3.93. The van der Waals surface area contributed by atoms with Gasteiger partial charge in [-0.15, -0.1) is 11.3 Å². The van der Waals surface area contributed by atoms with Gasteiger partial charge in [0.2, 0.25) is 5.71 Å². The van der Waals surface area contributed by atoms with Crippen molar-refractivity contribution < 1.29 is 38.5 Å². The molecule has 0 aliphatic rings. The Morgan fingerprint density at radius 3 is 2.18 bits per heavy atom. The maximum atomic E-state index is 11.9. The fourth-order valence-electron chi connectivity index (χ4n) is 2.53. The van der Waals surface area contributed by atoms with Crippen LogP contribution in [0.15, 0.2) is 34.8 Å². The Balaban J connectivity index is 1.85. The van der Waals surface area contributed by atoms with Crippen molar-refractivity contribution in [3.63, 3.8) is 0 Å². The van der Waals surface area contributed by atoms with E-state index in [2.05, 4.69) is 20.8 Å². The summed E-state index contributed by atoms with van der Waals surface area (Å²) in [6.07, 6.45) is -1.45. The standard InChI is InChI=1S/C24H31N5O8S/c1-23(2,3)36-21(32)27-18(25)14-7-9-15(10-8-14)34-11-12-35-29-17(19(30)31)16-13-38-20(26-16)28-22(33)37-24(4,5)6/h7-10,13H,11-12H2,1-6H3,(H,30,31)(H2,25,27,32)(H,26,28,33)/b29-17+. The SMILES string of the molecule is CC(C)(C)OC(=O)NC(=N)c1ccc(OCCO/N=C(/C(=O)O)c2csc(NC(=O)OC(C)(C)C)n2)cc1. The molecule has 1 heterocycles. The molecule has 0 aliphatic heterocycles. The van der Waals surface area contributed by atoms with Crippen molar-refractivity contribution in [2.24, 2.45) is 5.16 Å². The average molecular weight is 550 g/mol. The summed E-state index contributed by atoms with van der Waals surface area (Å²) in [7, 11) is 0. The number of carboxylic acids is 1. The summed E-state index contributed by atoms with van der Waals surface area (Å²) < 4.78 is 15.8. The number of thiazole rings is 1. The number of alkyl carbamates (subject to hydrolysis) is 1. The molecule has 206 valence electrons.